The Kier molecular flexibility index (Phi) is 7.56. The maximum atomic E-state index is 4.92. The largest absolute Gasteiger partial charge is 0.0999 e. The summed E-state index contributed by atoms with van der Waals surface area (Å²) in [6.07, 6.45) is 21.4. The summed E-state index contributed by atoms with van der Waals surface area (Å²) in [6, 6.07) is 11.4. The average Bonchev–Trinajstić information content (AvgIpc) is 3.23. The van der Waals surface area contributed by atoms with Crippen LogP contribution in [0.2, 0.25) is 0 Å². The van der Waals surface area contributed by atoms with Gasteiger partial charge in [0.1, 0.15) is 0 Å². The van der Waals surface area contributed by atoms with Crippen LogP contribution < -0.4 is 5.30 Å². The maximum absolute atomic E-state index is 4.92. The Bertz CT molecular complexity index is 566. The van der Waals surface area contributed by atoms with Gasteiger partial charge in [0.05, 0.1) is 31.6 Å². The van der Waals surface area contributed by atoms with Crippen molar-refractivity contribution in [1.29, 1.82) is 0 Å². The second-order valence-corrected chi connectivity index (χ2v) is 16.7. The van der Waals surface area contributed by atoms with Gasteiger partial charge in [0.15, 0.2) is 0 Å². The molecule has 0 saturated heterocycles. The van der Waals surface area contributed by atoms with Gasteiger partial charge in [-0.25, -0.2) is 0 Å². The van der Waals surface area contributed by atoms with Gasteiger partial charge in [-0.1, -0.05) is 64.6 Å². The van der Waals surface area contributed by atoms with Crippen molar-refractivity contribution in [3.63, 3.8) is 0 Å². The molecule has 0 spiro atoms. The molecule has 2 heteroatoms. The summed E-state index contributed by atoms with van der Waals surface area (Å²) in [7, 11) is -1.04. The second kappa shape index (κ2) is 9.92. The van der Waals surface area contributed by atoms with Crippen LogP contribution in [0.3, 0.4) is 0 Å². The predicted molar refractivity (Wildman–Crippen MR) is 131 cm³/mol. The van der Waals surface area contributed by atoms with Gasteiger partial charge in [0.2, 0.25) is 0 Å². The van der Waals surface area contributed by atoms with Gasteiger partial charge in [-0.15, -0.1) is 0 Å². The van der Waals surface area contributed by atoms with Crippen LogP contribution in [-0.2, 0) is 0 Å². The molecule has 3 atom stereocenters. The van der Waals surface area contributed by atoms with E-state index in [0.29, 0.717) is 0 Å². The fourth-order valence-corrected chi connectivity index (χ4v) is 14.2. The lowest BCUT2D eigenvalue weighted by atomic mass is 9.99. The van der Waals surface area contributed by atoms with Gasteiger partial charge in [-0.2, -0.15) is 0 Å². The lowest BCUT2D eigenvalue weighted by molar-refractivity contribution is 0.479. The summed E-state index contributed by atoms with van der Waals surface area (Å²) in [6.45, 7) is 7.47. The quantitative estimate of drug-likeness (QED) is 0.411. The molecule has 3 fully saturated rings. The first-order valence-corrected chi connectivity index (χ1v) is 16.3. The van der Waals surface area contributed by atoms with Gasteiger partial charge in [0, 0.05) is 0 Å². The number of rotatable bonds is 6. The van der Waals surface area contributed by atoms with E-state index in [4.69, 9.17) is 6.66 Å². The topological polar surface area (TPSA) is 0 Å². The van der Waals surface area contributed by atoms with Gasteiger partial charge in [0.25, 0.3) is 0 Å². The normalized spacial score (nSPS) is 28.1. The molecule has 0 nitrogen and oxygen atoms in total. The van der Waals surface area contributed by atoms with E-state index in [2.05, 4.69) is 37.0 Å². The summed E-state index contributed by atoms with van der Waals surface area (Å²) >= 11 is 0. The zero-order chi connectivity index (χ0) is 19.4. The molecular formula is C26H42P2+. The molecule has 1 radical (unpaired) electrons. The van der Waals surface area contributed by atoms with Gasteiger partial charge < -0.3 is 0 Å². The Hall–Kier alpha value is 0.0800. The molecule has 3 saturated carbocycles. The monoisotopic (exact) mass is 416 g/mol. The number of hydrogen-bond acceptors (Lipinski definition) is 0. The van der Waals surface area contributed by atoms with E-state index in [1.165, 1.54) is 57.8 Å². The Morgan fingerprint density at radius 1 is 0.786 bits per heavy atom. The molecule has 0 amide bonds. The van der Waals surface area contributed by atoms with Crippen molar-refractivity contribution < 1.29 is 0 Å². The van der Waals surface area contributed by atoms with Crippen molar-refractivity contribution >= 4 is 20.5 Å². The third-order valence-electron chi connectivity index (χ3n) is 8.23. The van der Waals surface area contributed by atoms with Crippen LogP contribution >= 0.6 is 15.2 Å². The Balaban J connectivity index is 1.51. The molecule has 155 valence electrons. The highest BCUT2D eigenvalue weighted by atomic mass is 31.2. The average molecular weight is 417 g/mol. The maximum Gasteiger partial charge on any atom is 0.0980 e. The molecule has 3 aliphatic carbocycles. The Morgan fingerprint density at radius 2 is 1.36 bits per heavy atom. The summed E-state index contributed by atoms with van der Waals surface area (Å²) < 4.78 is 0. The van der Waals surface area contributed by atoms with Crippen molar-refractivity contribution in [1.82, 2.24) is 0 Å². The van der Waals surface area contributed by atoms with Gasteiger partial charge >= 0.3 is 0 Å². The number of hydrogen-bond donors (Lipinski definition) is 0. The molecule has 1 aromatic rings. The third kappa shape index (κ3) is 4.86. The highest BCUT2D eigenvalue weighted by molar-refractivity contribution is 7.84. The molecule has 4 rings (SSSR count). The van der Waals surface area contributed by atoms with Crippen LogP contribution in [0, 0.1) is 12.6 Å². The summed E-state index contributed by atoms with van der Waals surface area (Å²) in [5.41, 5.74) is 3.12. The van der Waals surface area contributed by atoms with Crippen molar-refractivity contribution in [3.8, 4) is 0 Å². The van der Waals surface area contributed by atoms with E-state index in [1.807, 2.05) is 0 Å². The standard InChI is InChI=1S/C26H42P2/c1-28(2,25-18-10-5-11-19-25)26-20-12-13-22(26)21-27(23-14-6-3-7-15-23)24-16-8-4-9-17-24/h5,10-11,18-19,22-24,26H,1,3-4,6-9,12-17,20-21H2,2H3/q+1. The summed E-state index contributed by atoms with van der Waals surface area (Å²) in [4.78, 5) is 0. The lowest BCUT2D eigenvalue weighted by Gasteiger charge is -2.41. The SMILES string of the molecule is [CH2][P+](C)(c1ccccc1)C1CCCC1CP(C1CCCCC1)C1CCCCC1. The first kappa shape index (κ1) is 21.3. The molecule has 0 aromatic heterocycles. The molecule has 0 N–H and O–H groups in total. The van der Waals surface area contributed by atoms with E-state index < -0.39 is 7.26 Å². The minimum Gasteiger partial charge on any atom is -0.0999 e. The Morgan fingerprint density at radius 3 is 1.93 bits per heavy atom. The van der Waals surface area contributed by atoms with E-state index in [1.54, 1.807) is 37.1 Å². The van der Waals surface area contributed by atoms with Crippen LogP contribution in [0.4, 0.5) is 0 Å². The number of benzene rings is 1. The van der Waals surface area contributed by atoms with Crippen LogP contribution in [0.1, 0.15) is 83.5 Å². The van der Waals surface area contributed by atoms with Crippen LogP contribution in [-0.4, -0.2) is 29.8 Å². The highest BCUT2D eigenvalue weighted by Gasteiger charge is 2.47. The van der Waals surface area contributed by atoms with Gasteiger partial charge in [-0.05, 0) is 80.5 Å². The molecule has 3 aliphatic rings. The summed E-state index contributed by atoms with van der Waals surface area (Å²) in [5, 5.41) is 1.58. The first-order chi connectivity index (χ1) is 13.7. The fraction of sp³-hybridized carbons (Fsp3) is 0.731. The van der Waals surface area contributed by atoms with Crippen LogP contribution in [0.15, 0.2) is 30.3 Å². The molecule has 28 heavy (non-hydrogen) atoms. The molecule has 3 unspecified atom stereocenters. The highest BCUT2D eigenvalue weighted by Crippen LogP contribution is 2.66. The molecule has 0 bridgehead atoms. The molecule has 1 aromatic carbocycles. The lowest BCUT2D eigenvalue weighted by Crippen LogP contribution is -2.29. The van der Waals surface area contributed by atoms with E-state index in [9.17, 15) is 0 Å². The molecule has 0 aliphatic heterocycles. The van der Waals surface area contributed by atoms with E-state index >= 15 is 0 Å². The van der Waals surface area contributed by atoms with Crippen LogP contribution in [0.5, 0.6) is 0 Å². The molecule has 0 heterocycles. The third-order valence-corrected chi connectivity index (χ3v) is 15.7. The van der Waals surface area contributed by atoms with Crippen molar-refractivity contribution in [2.24, 2.45) is 5.92 Å². The van der Waals surface area contributed by atoms with E-state index in [0.717, 1.165) is 22.9 Å². The van der Waals surface area contributed by atoms with E-state index in [-0.39, 0.29) is 7.92 Å². The van der Waals surface area contributed by atoms with Gasteiger partial charge in [-0.3, -0.25) is 0 Å². The Labute approximate surface area is 176 Å². The minimum absolute atomic E-state index is 0.239. The van der Waals surface area contributed by atoms with Crippen LogP contribution in [0.25, 0.3) is 0 Å². The van der Waals surface area contributed by atoms with Crippen molar-refractivity contribution in [2.45, 2.75) is 100 Å². The molecular weight excluding hydrogens is 374 g/mol. The smallest absolute Gasteiger partial charge is 0.0980 e. The predicted octanol–water partition coefficient (Wildman–Crippen LogP) is 8.07. The fourth-order valence-electron chi connectivity index (χ4n) is 6.63. The first-order valence-electron chi connectivity index (χ1n) is 12.2. The summed E-state index contributed by atoms with van der Waals surface area (Å²) in [5.74, 6) is 0.978. The second-order valence-electron chi connectivity index (χ2n) is 10.1. The zero-order valence-corrected chi connectivity index (χ0v) is 20.0. The van der Waals surface area contributed by atoms with Crippen molar-refractivity contribution in [3.05, 3.63) is 37.0 Å². The van der Waals surface area contributed by atoms with Crippen molar-refractivity contribution in [2.75, 3.05) is 12.8 Å². The minimum atomic E-state index is -1.27. The zero-order valence-electron chi connectivity index (χ0n) is 18.2.